The van der Waals surface area contributed by atoms with Crippen molar-refractivity contribution in [2.24, 2.45) is 0 Å². The van der Waals surface area contributed by atoms with Gasteiger partial charge in [-0.15, -0.1) is 0 Å². The number of ether oxygens (including phenoxy) is 1. The topological polar surface area (TPSA) is 72.7 Å². The maximum Gasteiger partial charge on any atom is 0.413 e. The summed E-state index contributed by atoms with van der Waals surface area (Å²) in [6.07, 6.45) is 2.94. The molecule has 1 aliphatic rings. The van der Waals surface area contributed by atoms with Gasteiger partial charge in [-0.05, 0) is 23.8 Å². The van der Waals surface area contributed by atoms with Crippen molar-refractivity contribution < 1.29 is 14.5 Å². The van der Waals surface area contributed by atoms with E-state index in [2.05, 4.69) is 0 Å². The maximum atomic E-state index is 11.1. The highest BCUT2D eigenvalue weighted by Crippen LogP contribution is 2.13. The number of cyclic esters (lactones) is 1. The highest BCUT2D eigenvalue weighted by Gasteiger charge is 2.18. The van der Waals surface area contributed by atoms with Crippen molar-refractivity contribution in [1.82, 2.24) is 4.90 Å². The van der Waals surface area contributed by atoms with Crippen LogP contribution in [0.15, 0.2) is 30.5 Å². The minimum absolute atomic E-state index is 0.0442. The molecule has 6 nitrogen and oxygen atoms in total. The number of nitro benzene ring substituents is 1. The Kier molecular flexibility index (Phi) is 3.04. The smallest absolute Gasteiger partial charge is 0.413 e. The highest BCUT2D eigenvalue weighted by molar-refractivity contribution is 5.72. The van der Waals surface area contributed by atoms with E-state index >= 15 is 0 Å². The van der Waals surface area contributed by atoms with Crippen LogP contribution in [0, 0.1) is 10.1 Å². The Balaban J connectivity index is 2.06. The molecule has 0 radical (unpaired) electrons. The van der Waals surface area contributed by atoms with Crippen LogP contribution in [0.3, 0.4) is 0 Å². The molecule has 6 heteroatoms. The molecule has 0 unspecified atom stereocenters. The summed E-state index contributed by atoms with van der Waals surface area (Å²) < 4.78 is 4.75. The molecule has 0 spiro atoms. The van der Waals surface area contributed by atoms with Crippen molar-refractivity contribution >= 4 is 17.9 Å². The third-order valence-electron chi connectivity index (χ3n) is 2.34. The Labute approximate surface area is 97.2 Å². The van der Waals surface area contributed by atoms with Crippen molar-refractivity contribution in [3.8, 4) is 0 Å². The summed E-state index contributed by atoms with van der Waals surface area (Å²) in [6, 6.07) is 6.08. The number of benzene rings is 1. The number of non-ortho nitro benzene ring substituents is 1. The van der Waals surface area contributed by atoms with Gasteiger partial charge in [-0.25, -0.2) is 4.79 Å². The first-order chi connectivity index (χ1) is 8.16. The number of carbonyl (C=O) groups excluding carboxylic acids is 1. The molecule has 1 aromatic carbocycles. The molecule has 1 saturated heterocycles. The Morgan fingerprint density at radius 3 is 2.59 bits per heavy atom. The fraction of sp³-hybridized carbons (Fsp3) is 0.182. The van der Waals surface area contributed by atoms with Crippen LogP contribution in [-0.2, 0) is 4.74 Å². The van der Waals surface area contributed by atoms with Crippen LogP contribution in [0.25, 0.3) is 6.08 Å². The van der Waals surface area contributed by atoms with Gasteiger partial charge in [-0.1, -0.05) is 0 Å². The van der Waals surface area contributed by atoms with E-state index in [0.29, 0.717) is 13.2 Å². The zero-order valence-electron chi connectivity index (χ0n) is 8.91. The molecular weight excluding hydrogens is 224 g/mol. The van der Waals surface area contributed by atoms with E-state index in [9.17, 15) is 14.9 Å². The average Bonchev–Trinajstić information content (AvgIpc) is 2.73. The number of hydrogen-bond donors (Lipinski definition) is 0. The summed E-state index contributed by atoms with van der Waals surface area (Å²) in [5, 5.41) is 10.4. The fourth-order valence-electron chi connectivity index (χ4n) is 1.42. The first-order valence-electron chi connectivity index (χ1n) is 5.03. The summed E-state index contributed by atoms with van der Waals surface area (Å²) in [6.45, 7) is 0.922. The van der Waals surface area contributed by atoms with Crippen LogP contribution >= 0.6 is 0 Å². The Hall–Kier alpha value is -2.37. The standard InChI is InChI=1S/C11H10N2O4/c14-11-12(7-8-17-11)6-5-9-1-3-10(4-2-9)13(15)16/h1-6H,7-8H2/b6-5+. The number of amides is 1. The van der Waals surface area contributed by atoms with Crippen LogP contribution in [0.1, 0.15) is 5.56 Å². The first kappa shape index (κ1) is 11.1. The lowest BCUT2D eigenvalue weighted by atomic mass is 10.2. The van der Waals surface area contributed by atoms with Crippen LogP contribution in [0.4, 0.5) is 10.5 Å². The van der Waals surface area contributed by atoms with Crippen molar-refractivity contribution in [2.45, 2.75) is 0 Å². The van der Waals surface area contributed by atoms with E-state index in [4.69, 9.17) is 4.74 Å². The van der Waals surface area contributed by atoms with E-state index in [1.54, 1.807) is 24.4 Å². The Bertz CT molecular complexity index is 467. The molecule has 1 amide bonds. The average molecular weight is 234 g/mol. The van der Waals surface area contributed by atoms with Gasteiger partial charge in [-0.2, -0.15) is 0 Å². The summed E-state index contributed by atoms with van der Waals surface area (Å²) in [5.41, 5.74) is 0.832. The lowest BCUT2D eigenvalue weighted by Gasteiger charge is -2.04. The van der Waals surface area contributed by atoms with E-state index in [-0.39, 0.29) is 11.8 Å². The summed E-state index contributed by atoms with van der Waals surface area (Å²) >= 11 is 0. The Morgan fingerprint density at radius 1 is 1.35 bits per heavy atom. The van der Waals surface area contributed by atoms with Gasteiger partial charge in [0.1, 0.15) is 6.61 Å². The molecule has 0 N–H and O–H groups in total. The number of hydrogen-bond acceptors (Lipinski definition) is 4. The second-order valence-electron chi connectivity index (χ2n) is 3.47. The lowest BCUT2D eigenvalue weighted by molar-refractivity contribution is -0.384. The zero-order chi connectivity index (χ0) is 12.3. The van der Waals surface area contributed by atoms with Gasteiger partial charge >= 0.3 is 6.09 Å². The minimum Gasteiger partial charge on any atom is -0.447 e. The molecule has 1 fully saturated rings. The van der Waals surface area contributed by atoms with Gasteiger partial charge in [0.25, 0.3) is 5.69 Å². The summed E-state index contributed by atoms with van der Waals surface area (Å²) in [5.74, 6) is 0. The molecule has 1 heterocycles. The van der Waals surface area contributed by atoms with E-state index in [0.717, 1.165) is 5.56 Å². The second kappa shape index (κ2) is 4.65. The molecule has 17 heavy (non-hydrogen) atoms. The second-order valence-corrected chi connectivity index (χ2v) is 3.47. The lowest BCUT2D eigenvalue weighted by Crippen LogP contribution is -2.16. The zero-order valence-corrected chi connectivity index (χ0v) is 8.91. The summed E-state index contributed by atoms with van der Waals surface area (Å²) in [4.78, 5) is 22.5. The van der Waals surface area contributed by atoms with Crippen molar-refractivity contribution in [2.75, 3.05) is 13.2 Å². The molecule has 1 aliphatic heterocycles. The van der Waals surface area contributed by atoms with Crippen molar-refractivity contribution in [3.05, 3.63) is 46.1 Å². The molecule has 88 valence electrons. The molecule has 0 atom stereocenters. The van der Waals surface area contributed by atoms with Crippen LogP contribution < -0.4 is 0 Å². The van der Waals surface area contributed by atoms with Gasteiger partial charge in [0.15, 0.2) is 0 Å². The number of rotatable bonds is 3. The summed E-state index contributed by atoms with van der Waals surface area (Å²) in [7, 11) is 0. The highest BCUT2D eigenvalue weighted by atomic mass is 16.6. The van der Waals surface area contributed by atoms with Gasteiger partial charge in [-0.3, -0.25) is 15.0 Å². The predicted octanol–water partition coefficient (Wildman–Crippen LogP) is 2.02. The molecule has 0 saturated carbocycles. The molecule has 0 bridgehead atoms. The molecule has 1 aromatic rings. The number of nitro groups is 1. The van der Waals surface area contributed by atoms with Crippen molar-refractivity contribution in [1.29, 1.82) is 0 Å². The van der Waals surface area contributed by atoms with Crippen LogP contribution in [0.2, 0.25) is 0 Å². The van der Waals surface area contributed by atoms with Gasteiger partial charge in [0.2, 0.25) is 0 Å². The predicted molar refractivity (Wildman–Crippen MR) is 60.2 cm³/mol. The number of nitrogens with zero attached hydrogens (tertiary/aromatic N) is 2. The van der Waals surface area contributed by atoms with Crippen LogP contribution in [0.5, 0.6) is 0 Å². The molecule has 0 aromatic heterocycles. The quantitative estimate of drug-likeness (QED) is 0.592. The maximum absolute atomic E-state index is 11.1. The van der Waals surface area contributed by atoms with E-state index in [1.807, 2.05) is 0 Å². The molecule has 0 aliphatic carbocycles. The van der Waals surface area contributed by atoms with Gasteiger partial charge in [0, 0.05) is 18.3 Å². The number of carbonyl (C=O) groups is 1. The van der Waals surface area contributed by atoms with Gasteiger partial charge < -0.3 is 4.74 Å². The monoisotopic (exact) mass is 234 g/mol. The fourth-order valence-corrected chi connectivity index (χ4v) is 1.42. The van der Waals surface area contributed by atoms with E-state index < -0.39 is 4.92 Å². The largest absolute Gasteiger partial charge is 0.447 e. The third-order valence-corrected chi connectivity index (χ3v) is 2.34. The van der Waals surface area contributed by atoms with E-state index in [1.165, 1.54) is 17.0 Å². The first-order valence-corrected chi connectivity index (χ1v) is 5.03. The molecular formula is C11H10N2O4. The normalized spacial score (nSPS) is 15.3. The third kappa shape index (κ3) is 2.60. The minimum atomic E-state index is -0.453. The molecule has 2 rings (SSSR count). The van der Waals surface area contributed by atoms with Gasteiger partial charge in [0.05, 0.1) is 11.5 Å². The van der Waals surface area contributed by atoms with Crippen LogP contribution in [-0.4, -0.2) is 29.1 Å². The Morgan fingerprint density at radius 2 is 2.06 bits per heavy atom. The van der Waals surface area contributed by atoms with Crippen molar-refractivity contribution in [3.63, 3.8) is 0 Å². The SMILES string of the molecule is O=C1OCCN1/C=C/c1ccc([N+](=O)[O-])cc1.